The number of hydrogen-bond acceptors (Lipinski definition) is 4. The minimum absolute atomic E-state index is 0.00855. The van der Waals surface area contributed by atoms with Crippen molar-refractivity contribution in [1.29, 1.82) is 0 Å². The second-order valence-corrected chi connectivity index (χ2v) is 6.83. The van der Waals surface area contributed by atoms with Gasteiger partial charge in [0.1, 0.15) is 0 Å². The molecular weight excluding hydrogens is 306 g/mol. The Bertz CT molecular complexity index is 606. The highest BCUT2D eigenvalue weighted by atomic mass is 32.1. The summed E-state index contributed by atoms with van der Waals surface area (Å²) in [5.41, 5.74) is 1.91. The van der Waals surface area contributed by atoms with Gasteiger partial charge in [-0.3, -0.25) is 9.69 Å². The lowest BCUT2D eigenvalue weighted by molar-refractivity contribution is 0.0907. The van der Waals surface area contributed by atoms with E-state index in [9.17, 15) is 4.79 Å². The molecule has 1 aliphatic rings. The molecule has 1 saturated heterocycles. The summed E-state index contributed by atoms with van der Waals surface area (Å²) < 4.78 is 0. The molecule has 1 fully saturated rings. The fraction of sp³-hybridized carbons (Fsp3) is 0.389. The van der Waals surface area contributed by atoms with Gasteiger partial charge in [-0.25, -0.2) is 0 Å². The van der Waals surface area contributed by atoms with E-state index in [1.807, 2.05) is 35.0 Å². The molecular formula is C18H23N3OS. The SMILES string of the molecule is CN1CCN(C[C@H](NC(=O)c2ccsc2)c2ccccc2)CC1. The first-order valence-corrected chi connectivity index (χ1v) is 8.95. The van der Waals surface area contributed by atoms with Crippen molar-refractivity contribution in [3.63, 3.8) is 0 Å². The van der Waals surface area contributed by atoms with Crippen molar-refractivity contribution in [2.75, 3.05) is 39.8 Å². The fourth-order valence-corrected chi connectivity index (χ4v) is 3.48. The van der Waals surface area contributed by atoms with Crippen molar-refractivity contribution in [1.82, 2.24) is 15.1 Å². The fourth-order valence-electron chi connectivity index (χ4n) is 2.84. The van der Waals surface area contributed by atoms with Gasteiger partial charge in [-0.15, -0.1) is 0 Å². The second kappa shape index (κ2) is 7.73. The first-order chi connectivity index (χ1) is 11.2. The van der Waals surface area contributed by atoms with Crippen LogP contribution in [-0.4, -0.2) is 55.5 Å². The van der Waals surface area contributed by atoms with E-state index in [0.29, 0.717) is 0 Å². The van der Waals surface area contributed by atoms with Crippen molar-refractivity contribution >= 4 is 17.2 Å². The molecule has 1 aromatic heterocycles. The Morgan fingerprint density at radius 1 is 1.17 bits per heavy atom. The highest BCUT2D eigenvalue weighted by Gasteiger charge is 2.21. The average molecular weight is 329 g/mol. The summed E-state index contributed by atoms with van der Waals surface area (Å²) in [5, 5.41) is 7.04. The van der Waals surface area contributed by atoms with E-state index in [1.54, 1.807) is 11.3 Å². The van der Waals surface area contributed by atoms with E-state index in [4.69, 9.17) is 0 Å². The Morgan fingerprint density at radius 2 is 1.91 bits per heavy atom. The molecule has 2 heterocycles. The molecule has 0 radical (unpaired) electrons. The third-order valence-electron chi connectivity index (χ3n) is 4.33. The van der Waals surface area contributed by atoms with Gasteiger partial charge in [-0.2, -0.15) is 11.3 Å². The summed E-state index contributed by atoms with van der Waals surface area (Å²) >= 11 is 1.55. The van der Waals surface area contributed by atoms with Gasteiger partial charge in [0, 0.05) is 38.1 Å². The van der Waals surface area contributed by atoms with Crippen LogP contribution in [0.1, 0.15) is 22.0 Å². The van der Waals surface area contributed by atoms with Crippen LogP contribution in [-0.2, 0) is 0 Å². The lowest BCUT2D eigenvalue weighted by Crippen LogP contribution is -2.47. The van der Waals surface area contributed by atoms with Gasteiger partial charge >= 0.3 is 0 Å². The maximum absolute atomic E-state index is 12.5. The molecule has 1 aliphatic heterocycles. The molecule has 4 nitrogen and oxygen atoms in total. The van der Waals surface area contributed by atoms with Crippen LogP contribution in [0.3, 0.4) is 0 Å². The molecule has 0 saturated carbocycles. The summed E-state index contributed by atoms with van der Waals surface area (Å²) in [7, 11) is 2.16. The highest BCUT2D eigenvalue weighted by Crippen LogP contribution is 2.17. The predicted molar refractivity (Wildman–Crippen MR) is 94.9 cm³/mol. The van der Waals surface area contributed by atoms with E-state index in [-0.39, 0.29) is 11.9 Å². The van der Waals surface area contributed by atoms with Crippen molar-refractivity contribution < 1.29 is 4.79 Å². The van der Waals surface area contributed by atoms with Gasteiger partial charge in [0.15, 0.2) is 0 Å². The molecule has 5 heteroatoms. The van der Waals surface area contributed by atoms with Crippen LogP contribution in [0.25, 0.3) is 0 Å². The molecule has 23 heavy (non-hydrogen) atoms. The van der Waals surface area contributed by atoms with Gasteiger partial charge in [-0.1, -0.05) is 30.3 Å². The Hall–Kier alpha value is -1.69. The molecule has 0 spiro atoms. The summed E-state index contributed by atoms with van der Waals surface area (Å²) in [6.45, 7) is 5.12. The number of carbonyl (C=O) groups is 1. The number of rotatable bonds is 5. The van der Waals surface area contributed by atoms with E-state index in [1.165, 1.54) is 0 Å². The number of piperazine rings is 1. The Labute approximate surface area is 141 Å². The van der Waals surface area contributed by atoms with Crippen LogP contribution >= 0.6 is 11.3 Å². The Kier molecular flexibility index (Phi) is 5.43. The maximum atomic E-state index is 12.5. The zero-order valence-corrected chi connectivity index (χ0v) is 14.3. The van der Waals surface area contributed by atoms with Gasteiger partial charge in [0.25, 0.3) is 5.91 Å². The molecule has 1 amide bonds. The normalized spacial score (nSPS) is 17.8. The lowest BCUT2D eigenvalue weighted by atomic mass is 10.1. The monoisotopic (exact) mass is 329 g/mol. The molecule has 1 aromatic carbocycles. The summed E-state index contributed by atoms with van der Waals surface area (Å²) in [4.78, 5) is 17.2. The molecule has 122 valence electrons. The van der Waals surface area contributed by atoms with E-state index in [0.717, 1.165) is 43.9 Å². The van der Waals surface area contributed by atoms with Gasteiger partial charge in [-0.05, 0) is 24.1 Å². The number of carbonyl (C=O) groups excluding carboxylic acids is 1. The molecule has 2 aromatic rings. The predicted octanol–water partition coefficient (Wildman–Crippen LogP) is 2.47. The standard InChI is InChI=1S/C18H23N3OS/c1-20-8-10-21(11-9-20)13-17(15-5-3-2-4-6-15)19-18(22)16-7-12-23-14-16/h2-7,12,14,17H,8-11,13H2,1H3,(H,19,22)/t17-/m0/s1. The number of nitrogens with zero attached hydrogens (tertiary/aromatic N) is 2. The number of thiophene rings is 1. The molecule has 0 bridgehead atoms. The summed E-state index contributed by atoms with van der Waals surface area (Å²) in [5.74, 6) is 0.00855. The first-order valence-electron chi connectivity index (χ1n) is 8.01. The number of likely N-dealkylation sites (N-methyl/N-ethyl adjacent to an activating group) is 1. The number of amides is 1. The third kappa shape index (κ3) is 4.41. The van der Waals surface area contributed by atoms with E-state index in [2.05, 4.69) is 34.3 Å². The van der Waals surface area contributed by atoms with Gasteiger partial charge in [0.05, 0.1) is 11.6 Å². The van der Waals surface area contributed by atoms with Crippen LogP contribution in [0.5, 0.6) is 0 Å². The summed E-state index contributed by atoms with van der Waals surface area (Å²) in [6.07, 6.45) is 0. The van der Waals surface area contributed by atoms with Crippen molar-refractivity contribution in [3.8, 4) is 0 Å². The van der Waals surface area contributed by atoms with Crippen LogP contribution in [0.2, 0.25) is 0 Å². The van der Waals surface area contributed by atoms with E-state index >= 15 is 0 Å². The van der Waals surface area contributed by atoms with Crippen molar-refractivity contribution in [2.45, 2.75) is 6.04 Å². The number of benzene rings is 1. The quantitative estimate of drug-likeness (QED) is 0.915. The lowest BCUT2D eigenvalue weighted by Gasteiger charge is -2.35. The molecule has 3 rings (SSSR count). The van der Waals surface area contributed by atoms with Gasteiger partial charge < -0.3 is 10.2 Å². The van der Waals surface area contributed by atoms with Crippen molar-refractivity contribution in [2.24, 2.45) is 0 Å². The number of nitrogens with one attached hydrogen (secondary N) is 1. The zero-order chi connectivity index (χ0) is 16.1. The largest absolute Gasteiger partial charge is 0.344 e. The Balaban J connectivity index is 1.70. The average Bonchev–Trinajstić information content (AvgIpc) is 3.12. The van der Waals surface area contributed by atoms with Gasteiger partial charge in [0.2, 0.25) is 0 Å². The molecule has 1 N–H and O–H groups in total. The minimum Gasteiger partial charge on any atom is -0.344 e. The first kappa shape index (κ1) is 16.2. The summed E-state index contributed by atoms with van der Waals surface area (Å²) in [6, 6.07) is 12.1. The Morgan fingerprint density at radius 3 is 2.57 bits per heavy atom. The number of hydrogen-bond donors (Lipinski definition) is 1. The second-order valence-electron chi connectivity index (χ2n) is 6.05. The molecule has 0 aliphatic carbocycles. The highest BCUT2D eigenvalue weighted by molar-refractivity contribution is 7.08. The van der Waals surface area contributed by atoms with Crippen LogP contribution in [0.4, 0.5) is 0 Å². The van der Waals surface area contributed by atoms with Crippen molar-refractivity contribution in [3.05, 3.63) is 58.3 Å². The topological polar surface area (TPSA) is 35.6 Å². The minimum atomic E-state index is 0.00855. The molecule has 1 atom stereocenters. The van der Waals surface area contributed by atoms with Crippen LogP contribution in [0, 0.1) is 0 Å². The zero-order valence-electron chi connectivity index (χ0n) is 13.4. The smallest absolute Gasteiger partial charge is 0.252 e. The van der Waals surface area contributed by atoms with E-state index < -0.39 is 0 Å². The molecule has 0 unspecified atom stereocenters. The maximum Gasteiger partial charge on any atom is 0.252 e. The van der Waals surface area contributed by atoms with Crippen LogP contribution in [0.15, 0.2) is 47.2 Å². The third-order valence-corrected chi connectivity index (χ3v) is 5.01. The van der Waals surface area contributed by atoms with Crippen LogP contribution < -0.4 is 5.32 Å².